The van der Waals surface area contributed by atoms with E-state index in [1.165, 1.54) is 0 Å². The first-order chi connectivity index (χ1) is 1.00. The second kappa shape index (κ2) is 42.1. The van der Waals surface area contributed by atoms with Crippen LogP contribution in [0.2, 0.25) is 0 Å². The number of hydrogen-bond donors (Lipinski definition) is 1. The standard InChI is InChI=1S/CH4O.BrH.H3P/c1-2;;/h2H,1H3;1H;1H3. The van der Waals surface area contributed by atoms with Gasteiger partial charge in [-0.05, 0) is 0 Å². The maximum Gasteiger partial charge on any atom is 0.0319 e. The molecule has 0 amide bonds. The lowest BCUT2D eigenvalue weighted by molar-refractivity contribution is 0.399. The predicted molar refractivity (Wildman–Crippen MR) is 29.6 cm³/mol. The van der Waals surface area contributed by atoms with Gasteiger partial charge in [0.1, 0.15) is 0 Å². The van der Waals surface area contributed by atoms with E-state index in [-0.39, 0.29) is 26.9 Å². The van der Waals surface area contributed by atoms with Crippen LogP contribution in [0, 0.1) is 0 Å². The smallest absolute Gasteiger partial charge is 0.0319 e. The van der Waals surface area contributed by atoms with Crippen LogP contribution >= 0.6 is 26.9 Å². The molecular weight excluding hydrogens is 139 g/mol. The number of hydrogen-bond acceptors (Lipinski definition) is 1. The molecule has 3 heteroatoms. The summed E-state index contributed by atoms with van der Waals surface area (Å²) in [6.45, 7) is 0. The predicted octanol–water partition coefficient (Wildman–Crippen LogP) is 0.244. The maximum absolute atomic E-state index is 7.00. The zero-order chi connectivity index (χ0) is 2.00. The van der Waals surface area contributed by atoms with Crippen LogP contribution in [0.25, 0.3) is 0 Å². The summed E-state index contributed by atoms with van der Waals surface area (Å²) in [5.41, 5.74) is 0. The van der Waals surface area contributed by atoms with E-state index < -0.39 is 0 Å². The molecule has 0 heterocycles. The van der Waals surface area contributed by atoms with Crippen molar-refractivity contribution in [3.8, 4) is 0 Å². The average Bonchev–Trinajstić information content (AvgIpc) is 1.00. The fourth-order valence-corrected chi connectivity index (χ4v) is 0. The molecule has 0 spiro atoms. The molecule has 0 aliphatic carbocycles. The van der Waals surface area contributed by atoms with Crippen molar-refractivity contribution in [2.45, 2.75) is 0 Å². The van der Waals surface area contributed by atoms with Gasteiger partial charge in [0.15, 0.2) is 0 Å². The number of rotatable bonds is 0. The Morgan fingerprint density at radius 3 is 1.25 bits per heavy atom. The molecule has 0 radical (unpaired) electrons. The molecule has 0 rings (SSSR count). The van der Waals surface area contributed by atoms with Crippen molar-refractivity contribution in [2.24, 2.45) is 0 Å². The highest BCUT2D eigenvalue weighted by Crippen LogP contribution is 0.861. The summed E-state index contributed by atoms with van der Waals surface area (Å²) in [5, 5.41) is 7.00. The Morgan fingerprint density at radius 1 is 1.25 bits per heavy atom. The van der Waals surface area contributed by atoms with Gasteiger partial charge >= 0.3 is 0 Å². The number of aliphatic hydroxyl groups is 1. The number of halogens is 1. The Balaban J connectivity index is -0.00000000500. The second-order valence-electron chi connectivity index (χ2n) is 0. The minimum atomic E-state index is 0. The molecule has 1 unspecified atom stereocenters. The van der Waals surface area contributed by atoms with Gasteiger partial charge in [-0.3, -0.25) is 0 Å². The molecule has 0 aromatic heterocycles. The van der Waals surface area contributed by atoms with E-state index in [0.29, 0.717) is 0 Å². The first-order valence-corrected chi connectivity index (χ1v) is 0.447. The SMILES string of the molecule is Br.CO.P. The van der Waals surface area contributed by atoms with Crippen LogP contribution < -0.4 is 0 Å². The Bertz CT molecular complexity index is 8.00. The van der Waals surface area contributed by atoms with Crippen LogP contribution in [-0.4, -0.2) is 12.2 Å². The first kappa shape index (κ1) is 20.9. The Morgan fingerprint density at radius 2 is 1.25 bits per heavy atom. The maximum atomic E-state index is 7.00. The van der Waals surface area contributed by atoms with Crippen LogP contribution in [-0.2, 0) is 0 Å². The highest BCUT2D eigenvalue weighted by molar-refractivity contribution is 8.93. The number of aliphatic hydroxyl groups excluding tert-OH is 1. The largest absolute Gasteiger partial charge is 0.400 e. The topological polar surface area (TPSA) is 20.2 Å². The molecule has 0 bridgehead atoms. The average molecular weight is 147 g/mol. The van der Waals surface area contributed by atoms with Gasteiger partial charge in [-0.25, -0.2) is 0 Å². The lowest BCUT2D eigenvalue weighted by atomic mass is 11.8. The molecule has 1 atom stereocenters. The fourth-order valence-electron chi connectivity index (χ4n) is 0. The van der Waals surface area contributed by atoms with Crippen LogP contribution in [0.15, 0.2) is 0 Å². The van der Waals surface area contributed by atoms with Crippen LogP contribution in [0.4, 0.5) is 0 Å². The van der Waals surface area contributed by atoms with E-state index in [4.69, 9.17) is 5.11 Å². The summed E-state index contributed by atoms with van der Waals surface area (Å²) < 4.78 is 0. The monoisotopic (exact) mass is 146 g/mol. The molecular formula is CH8BrOP. The van der Waals surface area contributed by atoms with Crippen LogP contribution in [0.5, 0.6) is 0 Å². The summed E-state index contributed by atoms with van der Waals surface area (Å²) in [7, 11) is 1.00. The molecule has 0 aromatic rings. The minimum absolute atomic E-state index is 0. The summed E-state index contributed by atoms with van der Waals surface area (Å²) in [6, 6.07) is 0. The van der Waals surface area contributed by atoms with Gasteiger partial charge in [0.05, 0.1) is 0 Å². The van der Waals surface area contributed by atoms with Crippen molar-refractivity contribution in [2.75, 3.05) is 7.11 Å². The zero-order valence-electron chi connectivity index (χ0n) is 2.56. The highest BCUT2D eigenvalue weighted by Gasteiger charge is 0.839. The van der Waals surface area contributed by atoms with Crippen molar-refractivity contribution < 1.29 is 5.11 Å². The normalized spacial score (nSPS) is 1.50. The Hall–Kier alpha value is 0.870. The van der Waals surface area contributed by atoms with Crippen molar-refractivity contribution in [1.82, 2.24) is 0 Å². The third-order valence-electron chi connectivity index (χ3n) is 0. The van der Waals surface area contributed by atoms with Crippen molar-refractivity contribution in [3.63, 3.8) is 0 Å². The molecule has 30 valence electrons. The van der Waals surface area contributed by atoms with Gasteiger partial charge in [-0.2, -0.15) is 9.90 Å². The van der Waals surface area contributed by atoms with E-state index in [1.54, 1.807) is 0 Å². The van der Waals surface area contributed by atoms with Gasteiger partial charge < -0.3 is 5.11 Å². The van der Waals surface area contributed by atoms with Gasteiger partial charge in [0, 0.05) is 7.11 Å². The molecule has 0 aliphatic heterocycles. The van der Waals surface area contributed by atoms with Crippen molar-refractivity contribution in [1.29, 1.82) is 0 Å². The second-order valence-corrected chi connectivity index (χ2v) is 0. The lowest BCUT2D eigenvalue weighted by Crippen LogP contribution is -1.25. The molecule has 0 aliphatic rings. The van der Waals surface area contributed by atoms with Crippen molar-refractivity contribution in [3.05, 3.63) is 0 Å². The van der Waals surface area contributed by atoms with Crippen LogP contribution in [0.1, 0.15) is 0 Å². The molecule has 0 saturated carbocycles. The van der Waals surface area contributed by atoms with Crippen LogP contribution in [0.3, 0.4) is 0 Å². The van der Waals surface area contributed by atoms with Gasteiger partial charge in [0.25, 0.3) is 0 Å². The molecule has 0 aromatic carbocycles. The van der Waals surface area contributed by atoms with E-state index in [2.05, 4.69) is 0 Å². The van der Waals surface area contributed by atoms with Gasteiger partial charge in [-0.15, -0.1) is 17.0 Å². The van der Waals surface area contributed by atoms with E-state index in [9.17, 15) is 0 Å². The zero-order valence-corrected chi connectivity index (χ0v) is 5.69. The summed E-state index contributed by atoms with van der Waals surface area (Å²) >= 11 is 0. The highest BCUT2D eigenvalue weighted by atomic mass is 79.9. The Kier molecular flexibility index (Phi) is 220. The molecule has 0 saturated heterocycles. The van der Waals surface area contributed by atoms with Gasteiger partial charge in [-0.1, -0.05) is 0 Å². The summed E-state index contributed by atoms with van der Waals surface area (Å²) in [6.07, 6.45) is 0. The molecule has 1 N–H and O–H groups in total. The summed E-state index contributed by atoms with van der Waals surface area (Å²) in [4.78, 5) is 0. The lowest BCUT2D eigenvalue weighted by Gasteiger charge is -1.21. The third kappa shape index (κ3) is 13.3. The molecule has 0 fully saturated rings. The molecule has 1 nitrogen and oxygen atoms in total. The Labute approximate surface area is 39.8 Å². The van der Waals surface area contributed by atoms with Crippen molar-refractivity contribution >= 4 is 26.9 Å². The third-order valence-corrected chi connectivity index (χ3v) is 0. The van der Waals surface area contributed by atoms with E-state index in [0.717, 1.165) is 7.11 Å². The minimum Gasteiger partial charge on any atom is -0.400 e. The van der Waals surface area contributed by atoms with Gasteiger partial charge in [0.2, 0.25) is 0 Å². The first-order valence-electron chi connectivity index (χ1n) is 0.447. The van der Waals surface area contributed by atoms with E-state index in [1.807, 2.05) is 0 Å². The summed E-state index contributed by atoms with van der Waals surface area (Å²) in [5.74, 6) is 0. The molecule has 4 heavy (non-hydrogen) atoms. The fraction of sp³-hybridized carbons (Fsp3) is 1.00. The quantitative estimate of drug-likeness (QED) is 0.486. The van der Waals surface area contributed by atoms with E-state index >= 15 is 0 Å².